The molecule has 4 nitrogen and oxygen atoms in total. The molecule has 7 heteroatoms. The van der Waals surface area contributed by atoms with Crippen LogP contribution in [-0.2, 0) is 11.3 Å². The summed E-state index contributed by atoms with van der Waals surface area (Å²) in [6.07, 6.45) is 2.88. The number of halogens is 3. The largest absolute Gasteiger partial charge is 0.346 e. The molecule has 1 aromatic carbocycles. The molecule has 0 unspecified atom stereocenters. The van der Waals surface area contributed by atoms with Gasteiger partial charge in [0, 0.05) is 24.4 Å². The Morgan fingerprint density at radius 1 is 1.32 bits per heavy atom. The smallest absolute Gasteiger partial charge is 0.280 e. The van der Waals surface area contributed by atoms with Crippen LogP contribution in [0.2, 0.25) is 0 Å². The summed E-state index contributed by atoms with van der Waals surface area (Å²) in [5.74, 6) is -3.09. The third kappa shape index (κ3) is 3.55. The van der Waals surface area contributed by atoms with Gasteiger partial charge in [0.1, 0.15) is 11.5 Å². The maximum absolute atomic E-state index is 13.6. The van der Waals surface area contributed by atoms with Gasteiger partial charge in [0.05, 0.1) is 6.20 Å². The van der Waals surface area contributed by atoms with Gasteiger partial charge in [-0.1, -0.05) is 0 Å². The van der Waals surface area contributed by atoms with Gasteiger partial charge < -0.3 is 5.32 Å². The number of rotatable bonds is 4. The second-order valence-corrected chi connectivity index (χ2v) is 4.89. The van der Waals surface area contributed by atoms with E-state index in [0.717, 1.165) is 12.1 Å². The molecule has 22 heavy (non-hydrogen) atoms. The van der Waals surface area contributed by atoms with E-state index in [2.05, 4.69) is 10.4 Å². The molecule has 2 rings (SSSR count). The molecular formula is C15H14F3N3O. The number of carbonyl (C=O) groups is 1. The van der Waals surface area contributed by atoms with Crippen molar-refractivity contribution in [3.8, 4) is 5.69 Å². The van der Waals surface area contributed by atoms with Crippen LogP contribution in [-0.4, -0.2) is 15.7 Å². The minimum atomic E-state index is -0.836. The van der Waals surface area contributed by atoms with Crippen molar-refractivity contribution >= 4 is 5.91 Å². The zero-order valence-electron chi connectivity index (χ0n) is 12.0. The summed E-state index contributed by atoms with van der Waals surface area (Å²) in [7, 11) is 0. The Hall–Kier alpha value is -2.57. The summed E-state index contributed by atoms with van der Waals surface area (Å²) in [4.78, 5) is 11.5. The average Bonchev–Trinajstić information content (AvgIpc) is 2.92. The Morgan fingerprint density at radius 2 is 2.05 bits per heavy atom. The molecule has 0 aliphatic rings. The molecule has 0 atom stereocenters. The first kappa shape index (κ1) is 15.8. The molecule has 0 aliphatic heterocycles. The zero-order valence-corrected chi connectivity index (χ0v) is 12.0. The molecule has 0 saturated heterocycles. The van der Waals surface area contributed by atoms with Gasteiger partial charge in [0.2, 0.25) is 0 Å². The highest BCUT2D eigenvalue weighted by molar-refractivity contribution is 5.91. The highest BCUT2D eigenvalue weighted by atomic mass is 19.1. The maximum Gasteiger partial charge on any atom is 0.280 e. The van der Waals surface area contributed by atoms with Gasteiger partial charge in [0.25, 0.3) is 5.91 Å². The summed E-state index contributed by atoms with van der Waals surface area (Å²) >= 11 is 0. The van der Waals surface area contributed by atoms with Crippen LogP contribution in [0.25, 0.3) is 5.69 Å². The fraction of sp³-hybridized carbons (Fsp3) is 0.200. The van der Waals surface area contributed by atoms with Gasteiger partial charge in [-0.25, -0.2) is 17.9 Å². The number of amides is 1. The lowest BCUT2D eigenvalue weighted by molar-refractivity contribution is -0.119. The van der Waals surface area contributed by atoms with Crippen molar-refractivity contribution < 1.29 is 18.0 Å². The fourth-order valence-corrected chi connectivity index (χ4v) is 1.74. The summed E-state index contributed by atoms with van der Waals surface area (Å²) in [6.45, 7) is 3.02. The molecule has 1 heterocycles. The number of nitrogens with one attached hydrogen (secondary N) is 1. The highest BCUT2D eigenvalue weighted by Crippen LogP contribution is 2.14. The first-order valence-corrected chi connectivity index (χ1v) is 6.48. The Balaban J connectivity index is 2.09. The van der Waals surface area contributed by atoms with Crippen LogP contribution >= 0.6 is 0 Å². The van der Waals surface area contributed by atoms with Crippen molar-refractivity contribution in [3.63, 3.8) is 0 Å². The van der Waals surface area contributed by atoms with Gasteiger partial charge in [-0.05, 0) is 31.6 Å². The summed E-state index contributed by atoms with van der Waals surface area (Å²) in [5, 5.41) is 6.32. The monoisotopic (exact) mass is 309 g/mol. The highest BCUT2D eigenvalue weighted by Gasteiger charge is 2.11. The number of hydrogen-bond donors (Lipinski definition) is 1. The number of carbonyl (C=O) groups excluding carboxylic acids is 1. The molecule has 0 bridgehead atoms. The molecular weight excluding hydrogens is 295 g/mol. The van der Waals surface area contributed by atoms with Crippen LogP contribution in [0, 0.1) is 11.6 Å². The van der Waals surface area contributed by atoms with E-state index in [1.54, 1.807) is 0 Å². The Morgan fingerprint density at radius 3 is 2.68 bits per heavy atom. The van der Waals surface area contributed by atoms with Crippen LogP contribution in [0.15, 0.2) is 42.0 Å². The second-order valence-electron chi connectivity index (χ2n) is 4.89. The van der Waals surface area contributed by atoms with Crippen LogP contribution in [0.5, 0.6) is 0 Å². The molecule has 1 aromatic heterocycles. The SMILES string of the molecule is CC(C)=C(F)C(=O)NCc1cnn(-c2ccc(F)cc2F)c1. The van der Waals surface area contributed by atoms with E-state index >= 15 is 0 Å². The maximum atomic E-state index is 13.6. The van der Waals surface area contributed by atoms with Crippen LogP contribution in [0.3, 0.4) is 0 Å². The lowest BCUT2D eigenvalue weighted by Crippen LogP contribution is -2.23. The van der Waals surface area contributed by atoms with E-state index in [0.29, 0.717) is 5.56 Å². The van der Waals surface area contributed by atoms with Crippen molar-refractivity contribution in [2.45, 2.75) is 20.4 Å². The molecule has 0 radical (unpaired) electrons. The number of allylic oxidation sites excluding steroid dienone is 1. The van der Waals surface area contributed by atoms with Gasteiger partial charge in [-0.3, -0.25) is 4.79 Å². The second kappa shape index (κ2) is 6.46. The fourth-order valence-electron chi connectivity index (χ4n) is 1.74. The van der Waals surface area contributed by atoms with Crippen molar-refractivity contribution in [2.24, 2.45) is 0 Å². The molecule has 1 amide bonds. The number of hydrogen-bond acceptors (Lipinski definition) is 2. The molecule has 0 fully saturated rings. The summed E-state index contributed by atoms with van der Waals surface area (Å²) in [6, 6.07) is 3.12. The molecule has 116 valence electrons. The standard InChI is InChI=1S/C15H14F3N3O/c1-9(2)14(18)15(22)19-6-10-7-20-21(8-10)13-4-3-11(16)5-12(13)17/h3-5,7-8H,6H2,1-2H3,(H,19,22). The Labute approximate surface area is 125 Å². The minimum Gasteiger partial charge on any atom is -0.346 e. The molecule has 0 saturated carbocycles. The van der Waals surface area contributed by atoms with Crippen molar-refractivity contribution in [2.75, 3.05) is 0 Å². The van der Waals surface area contributed by atoms with Crippen LogP contribution in [0.1, 0.15) is 19.4 Å². The lowest BCUT2D eigenvalue weighted by Gasteiger charge is -2.03. The molecule has 0 spiro atoms. The Kier molecular flexibility index (Phi) is 4.65. The predicted molar refractivity (Wildman–Crippen MR) is 74.8 cm³/mol. The van der Waals surface area contributed by atoms with E-state index in [-0.39, 0.29) is 17.8 Å². The number of aromatic nitrogens is 2. The summed E-state index contributed by atoms with van der Waals surface area (Å²) in [5.41, 5.74) is 0.912. The summed E-state index contributed by atoms with van der Waals surface area (Å²) < 4.78 is 41.1. The first-order chi connectivity index (χ1) is 10.4. The van der Waals surface area contributed by atoms with Crippen LogP contribution in [0.4, 0.5) is 13.2 Å². The normalized spacial score (nSPS) is 10.4. The van der Waals surface area contributed by atoms with E-state index in [9.17, 15) is 18.0 Å². The zero-order chi connectivity index (χ0) is 16.3. The topological polar surface area (TPSA) is 46.9 Å². The Bertz CT molecular complexity index is 733. The average molecular weight is 309 g/mol. The number of nitrogens with zero attached hydrogens (tertiary/aromatic N) is 2. The van der Waals surface area contributed by atoms with Crippen molar-refractivity contribution in [1.29, 1.82) is 0 Å². The quantitative estimate of drug-likeness (QED) is 0.883. The third-order valence-corrected chi connectivity index (χ3v) is 2.88. The van der Waals surface area contributed by atoms with Gasteiger partial charge in [-0.2, -0.15) is 5.10 Å². The minimum absolute atomic E-state index is 0.0440. The van der Waals surface area contributed by atoms with Crippen LogP contribution < -0.4 is 5.32 Å². The van der Waals surface area contributed by atoms with Gasteiger partial charge in [0.15, 0.2) is 11.6 Å². The molecule has 1 N–H and O–H groups in total. The van der Waals surface area contributed by atoms with Crippen molar-refractivity contribution in [1.82, 2.24) is 15.1 Å². The number of benzene rings is 1. The van der Waals surface area contributed by atoms with E-state index < -0.39 is 23.4 Å². The first-order valence-electron chi connectivity index (χ1n) is 6.48. The van der Waals surface area contributed by atoms with E-state index in [4.69, 9.17) is 0 Å². The van der Waals surface area contributed by atoms with Gasteiger partial charge >= 0.3 is 0 Å². The van der Waals surface area contributed by atoms with Crippen molar-refractivity contribution in [3.05, 3.63) is 59.2 Å². The molecule has 2 aromatic rings. The van der Waals surface area contributed by atoms with Gasteiger partial charge in [-0.15, -0.1) is 0 Å². The van der Waals surface area contributed by atoms with E-state index in [1.165, 1.54) is 37.0 Å². The molecule has 0 aliphatic carbocycles. The van der Waals surface area contributed by atoms with E-state index in [1.807, 2.05) is 0 Å². The predicted octanol–water partition coefficient (Wildman–Crippen LogP) is 3.03. The lowest BCUT2D eigenvalue weighted by atomic mass is 10.3. The third-order valence-electron chi connectivity index (χ3n) is 2.88.